The molecule has 0 amide bonds. The number of hydrogen-bond acceptors (Lipinski definition) is 3. The highest BCUT2D eigenvalue weighted by Gasteiger charge is 2.51. The van der Waals surface area contributed by atoms with Gasteiger partial charge < -0.3 is 5.11 Å². The second-order valence-electron chi connectivity index (χ2n) is 5.99. The maximum atomic E-state index is 12.9. The number of aliphatic carboxylic acids is 1. The van der Waals surface area contributed by atoms with E-state index in [0.29, 0.717) is 11.4 Å². The van der Waals surface area contributed by atoms with Crippen LogP contribution in [0.1, 0.15) is 32.1 Å². The number of rotatable bonds is 3. The highest BCUT2D eigenvalue weighted by atomic mass is 35.5. The van der Waals surface area contributed by atoms with Crippen LogP contribution in [0, 0.1) is 5.92 Å². The Bertz CT molecular complexity index is 673. The Hall–Kier alpha value is -1.11. The minimum absolute atomic E-state index is 0.106. The monoisotopic (exact) mass is 343 g/mol. The van der Waals surface area contributed by atoms with Crippen LogP contribution in [0.3, 0.4) is 0 Å². The molecule has 1 aliphatic carbocycles. The maximum absolute atomic E-state index is 12.9. The summed E-state index contributed by atoms with van der Waals surface area (Å²) in [6.45, 7) is 0. The van der Waals surface area contributed by atoms with Gasteiger partial charge in [0, 0.05) is 11.1 Å². The Balaban J connectivity index is 2.01. The van der Waals surface area contributed by atoms with E-state index in [9.17, 15) is 18.3 Å². The number of carboxylic acid groups (broad SMARTS) is 1. The molecule has 1 aromatic rings. The molecule has 3 unspecified atom stereocenters. The standard InChI is InChI=1S/C15H18ClNO4S/c16-11-5-7-12(8-6-11)22(20,21)17-13-4-2-1-3-10(13)9-14(17)15(18)19/h5-8,10,13-14H,1-4,9H2,(H,18,19). The van der Waals surface area contributed by atoms with Gasteiger partial charge in [-0.3, -0.25) is 4.79 Å². The molecule has 22 heavy (non-hydrogen) atoms. The van der Waals surface area contributed by atoms with Crippen LogP contribution in [0.5, 0.6) is 0 Å². The largest absolute Gasteiger partial charge is 0.480 e. The first-order valence-corrected chi connectivity index (χ1v) is 9.25. The third kappa shape index (κ3) is 2.64. The molecule has 7 heteroatoms. The molecule has 3 rings (SSSR count). The minimum Gasteiger partial charge on any atom is -0.480 e. The summed E-state index contributed by atoms with van der Waals surface area (Å²) in [6.07, 6.45) is 4.04. The quantitative estimate of drug-likeness (QED) is 0.915. The van der Waals surface area contributed by atoms with E-state index >= 15 is 0 Å². The minimum atomic E-state index is -3.83. The van der Waals surface area contributed by atoms with Crippen molar-refractivity contribution in [3.05, 3.63) is 29.3 Å². The molecule has 1 saturated carbocycles. The van der Waals surface area contributed by atoms with Crippen LogP contribution < -0.4 is 0 Å². The van der Waals surface area contributed by atoms with E-state index in [2.05, 4.69) is 0 Å². The molecule has 1 N–H and O–H groups in total. The number of benzene rings is 1. The zero-order valence-corrected chi connectivity index (χ0v) is 13.6. The van der Waals surface area contributed by atoms with Crippen LogP contribution in [0.25, 0.3) is 0 Å². The molecule has 2 fully saturated rings. The number of carboxylic acids is 1. The third-order valence-electron chi connectivity index (χ3n) is 4.70. The lowest BCUT2D eigenvalue weighted by Crippen LogP contribution is -2.46. The fourth-order valence-electron chi connectivity index (χ4n) is 3.70. The number of carbonyl (C=O) groups is 1. The molecular formula is C15H18ClNO4S. The van der Waals surface area contributed by atoms with Gasteiger partial charge in [-0.15, -0.1) is 0 Å². The Morgan fingerprint density at radius 1 is 1.18 bits per heavy atom. The highest BCUT2D eigenvalue weighted by molar-refractivity contribution is 7.89. The van der Waals surface area contributed by atoms with Crippen molar-refractivity contribution in [2.45, 2.75) is 49.1 Å². The summed E-state index contributed by atoms with van der Waals surface area (Å²) in [4.78, 5) is 11.7. The van der Waals surface area contributed by atoms with Crippen molar-refractivity contribution in [2.75, 3.05) is 0 Å². The van der Waals surface area contributed by atoms with E-state index in [0.717, 1.165) is 25.7 Å². The molecule has 5 nitrogen and oxygen atoms in total. The lowest BCUT2D eigenvalue weighted by Gasteiger charge is -2.32. The number of halogens is 1. The second-order valence-corrected chi connectivity index (χ2v) is 8.27. The smallest absolute Gasteiger partial charge is 0.322 e. The molecule has 2 aliphatic rings. The first-order chi connectivity index (χ1) is 10.4. The van der Waals surface area contributed by atoms with E-state index in [1.54, 1.807) is 0 Å². The number of fused-ring (bicyclic) bond motifs is 1. The first-order valence-electron chi connectivity index (χ1n) is 7.43. The molecule has 0 spiro atoms. The summed E-state index contributed by atoms with van der Waals surface area (Å²) in [7, 11) is -3.83. The van der Waals surface area contributed by atoms with Crippen LogP contribution >= 0.6 is 11.6 Å². The number of sulfonamides is 1. The van der Waals surface area contributed by atoms with E-state index in [1.165, 1.54) is 28.6 Å². The summed E-state index contributed by atoms with van der Waals surface area (Å²) >= 11 is 5.81. The van der Waals surface area contributed by atoms with Crippen LogP contribution in [-0.4, -0.2) is 35.9 Å². The van der Waals surface area contributed by atoms with Gasteiger partial charge in [0.2, 0.25) is 10.0 Å². The van der Waals surface area contributed by atoms with E-state index in [-0.39, 0.29) is 16.9 Å². The fraction of sp³-hybridized carbons (Fsp3) is 0.533. The molecule has 3 atom stereocenters. The SMILES string of the molecule is O=C(O)C1CC2CCCCC2N1S(=O)(=O)c1ccc(Cl)cc1. The second kappa shape index (κ2) is 5.83. The molecule has 1 heterocycles. The van der Waals surface area contributed by atoms with Crippen molar-refractivity contribution in [2.24, 2.45) is 5.92 Å². The van der Waals surface area contributed by atoms with Gasteiger partial charge in [0.25, 0.3) is 0 Å². The predicted molar refractivity (Wildman–Crippen MR) is 82.3 cm³/mol. The van der Waals surface area contributed by atoms with Crippen molar-refractivity contribution >= 4 is 27.6 Å². The van der Waals surface area contributed by atoms with Crippen molar-refractivity contribution in [1.29, 1.82) is 0 Å². The van der Waals surface area contributed by atoms with E-state index in [4.69, 9.17) is 11.6 Å². The zero-order valence-electron chi connectivity index (χ0n) is 12.0. The zero-order chi connectivity index (χ0) is 15.9. The van der Waals surface area contributed by atoms with Gasteiger partial charge in [0.05, 0.1) is 4.90 Å². The van der Waals surface area contributed by atoms with Crippen LogP contribution in [0.15, 0.2) is 29.2 Å². The average Bonchev–Trinajstić information content (AvgIpc) is 2.88. The molecule has 1 aromatic carbocycles. The molecule has 1 saturated heterocycles. The first kappa shape index (κ1) is 15.8. The maximum Gasteiger partial charge on any atom is 0.322 e. The van der Waals surface area contributed by atoms with Gasteiger partial charge in [0.15, 0.2) is 0 Å². The van der Waals surface area contributed by atoms with Gasteiger partial charge in [-0.05, 0) is 49.4 Å². The van der Waals surface area contributed by atoms with Crippen molar-refractivity contribution in [1.82, 2.24) is 4.31 Å². The summed E-state index contributed by atoms with van der Waals surface area (Å²) < 4.78 is 27.1. The van der Waals surface area contributed by atoms with Gasteiger partial charge in [-0.1, -0.05) is 24.4 Å². The lowest BCUT2D eigenvalue weighted by molar-refractivity contribution is -0.141. The van der Waals surface area contributed by atoms with Gasteiger partial charge in [-0.2, -0.15) is 4.31 Å². The Kier molecular flexibility index (Phi) is 4.18. The van der Waals surface area contributed by atoms with Gasteiger partial charge in [-0.25, -0.2) is 8.42 Å². The summed E-state index contributed by atoms with van der Waals surface area (Å²) in [6, 6.07) is 4.74. The fourth-order valence-corrected chi connectivity index (χ4v) is 5.70. The van der Waals surface area contributed by atoms with Crippen LogP contribution in [0.4, 0.5) is 0 Å². The van der Waals surface area contributed by atoms with Crippen LogP contribution in [-0.2, 0) is 14.8 Å². The summed E-state index contributed by atoms with van der Waals surface area (Å²) in [5.74, 6) is -0.913. The van der Waals surface area contributed by atoms with E-state index in [1.807, 2.05) is 0 Å². The highest BCUT2D eigenvalue weighted by Crippen LogP contribution is 2.42. The van der Waals surface area contributed by atoms with Crippen molar-refractivity contribution in [3.8, 4) is 0 Å². The average molecular weight is 344 g/mol. The summed E-state index contributed by atoms with van der Waals surface area (Å²) in [5.41, 5.74) is 0. The number of hydrogen-bond donors (Lipinski definition) is 1. The molecular weight excluding hydrogens is 326 g/mol. The number of nitrogens with zero attached hydrogens (tertiary/aromatic N) is 1. The van der Waals surface area contributed by atoms with Gasteiger partial charge in [0.1, 0.15) is 6.04 Å². The normalized spacial score (nSPS) is 29.2. The molecule has 0 aromatic heterocycles. The Labute approximate surface area is 134 Å². The van der Waals surface area contributed by atoms with E-state index < -0.39 is 22.0 Å². The molecule has 0 radical (unpaired) electrons. The van der Waals surface area contributed by atoms with Crippen LogP contribution in [0.2, 0.25) is 5.02 Å². The third-order valence-corrected chi connectivity index (χ3v) is 6.90. The Morgan fingerprint density at radius 2 is 1.82 bits per heavy atom. The predicted octanol–water partition coefficient (Wildman–Crippen LogP) is 2.75. The van der Waals surface area contributed by atoms with Crippen molar-refractivity contribution < 1.29 is 18.3 Å². The molecule has 120 valence electrons. The van der Waals surface area contributed by atoms with Gasteiger partial charge >= 0.3 is 5.97 Å². The topological polar surface area (TPSA) is 74.7 Å². The lowest BCUT2D eigenvalue weighted by atomic mass is 9.85. The van der Waals surface area contributed by atoms with Crippen molar-refractivity contribution in [3.63, 3.8) is 0 Å². The molecule has 0 bridgehead atoms. The molecule has 1 aliphatic heterocycles. The Morgan fingerprint density at radius 3 is 2.45 bits per heavy atom. The summed E-state index contributed by atoms with van der Waals surface area (Å²) in [5, 5.41) is 9.91.